The van der Waals surface area contributed by atoms with E-state index in [9.17, 15) is 14.1 Å². The number of aromatic nitrogens is 2. The summed E-state index contributed by atoms with van der Waals surface area (Å²) in [5.41, 5.74) is 2.70. The molecule has 8 nitrogen and oxygen atoms in total. The number of amides is 1. The number of imidazole rings is 1. The van der Waals surface area contributed by atoms with Crippen LogP contribution in [0.15, 0.2) is 55.1 Å². The first-order valence-corrected chi connectivity index (χ1v) is 19.3. The lowest BCUT2D eigenvalue weighted by Gasteiger charge is -2.50. The molecular weight excluding hydrogens is 632 g/mol. The number of aliphatic hydroxyl groups is 1. The van der Waals surface area contributed by atoms with Gasteiger partial charge in [0.25, 0.3) is 5.91 Å². The van der Waals surface area contributed by atoms with E-state index in [0.717, 1.165) is 74.5 Å². The van der Waals surface area contributed by atoms with Gasteiger partial charge in [-0.15, -0.1) is 0 Å². The summed E-state index contributed by atoms with van der Waals surface area (Å²) < 4.78 is 25.3. The molecule has 252 valence electrons. The highest BCUT2D eigenvalue weighted by Gasteiger charge is 2.49. The molecule has 3 heterocycles. The summed E-state index contributed by atoms with van der Waals surface area (Å²) in [6.07, 6.45) is 12.7. The van der Waals surface area contributed by atoms with Gasteiger partial charge < -0.3 is 19.3 Å². The van der Waals surface area contributed by atoms with E-state index in [-0.39, 0.29) is 34.3 Å². The zero-order chi connectivity index (χ0) is 33.0. The molecule has 0 saturated heterocycles. The van der Waals surface area contributed by atoms with Gasteiger partial charge in [-0.05, 0) is 117 Å². The zero-order valence-electron chi connectivity index (χ0n) is 27.5. The molecule has 2 bridgehead atoms. The molecule has 47 heavy (non-hydrogen) atoms. The fraction of sp³-hybridized carbons (Fsp3) is 0.541. The lowest BCUT2D eigenvalue weighted by atomic mass is 9.62. The maximum Gasteiger partial charge on any atom is 0.262 e. The van der Waals surface area contributed by atoms with Gasteiger partial charge in [0.1, 0.15) is 5.75 Å². The van der Waals surface area contributed by atoms with Crippen molar-refractivity contribution in [3.8, 4) is 5.75 Å². The molecule has 2 aliphatic heterocycles. The van der Waals surface area contributed by atoms with Gasteiger partial charge >= 0.3 is 0 Å². The largest absolute Gasteiger partial charge is 0.490 e. The summed E-state index contributed by atoms with van der Waals surface area (Å²) in [6, 6.07) is 11.8. The molecule has 1 fully saturated rings. The van der Waals surface area contributed by atoms with Crippen LogP contribution in [-0.2, 0) is 28.1 Å². The van der Waals surface area contributed by atoms with Crippen molar-refractivity contribution in [1.29, 1.82) is 0 Å². The van der Waals surface area contributed by atoms with E-state index < -0.39 is 15.3 Å². The highest BCUT2D eigenvalue weighted by atomic mass is 35.5. The number of rotatable bonds is 2. The first-order valence-electron chi connectivity index (χ1n) is 17.1. The maximum absolute atomic E-state index is 13.9. The van der Waals surface area contributed by atoms with Crippen LogP contribution in [0.5, 0.6) is 5.75 Å². The maximum atomic E-state index is 13.9. The summed E-state index contributed by atoms with van der Waals surface area (Å²) in [4.78, 5) is 20.3. The molecule has 7 rings (SSSR count). The van der Waals surface area contributed by atoms with E-state index in [1.807, 2.05) is 35.9 Å². The van der Waals surface area contributed by atoms with E-state index in [0.29, 0.717) is 25.1 Å². The number of aryl methyl sites for hydroxylation is 1. The third-order valence-corrected chi connectivity index (χ3v) is 14.2. The Labute approximate surface area is 284 Å². The van der Waals surface area contributed by atoms with Gasteiger partial charge in [0.2, 0.25) is 0 Å². The first-order chi connectivity index (χ1) is 22.5. The topological polar surface area (TPSA) is 96.7 Å². The second-order valence-electron chi connectivity index (χ2n) is 14.8. The second kappa shape index (κ2) is 12.5. The monoisotopic (exact) mass is 678 g/mol. The quantitative estimate of drug-likeness (QED) is 0.321. The normalized spacial score (nSPS) is 34.3. The third-order valence-electron chi connectivity index (χ3n) is 11.8. The number of hydrogen-bond donors (Lipinski definition) is 2. The van der Waals surface area contributed by atoms with Crippen LogP contribution in [0.3, 0.4) is 0 Å². The molecule has 0 radical (unpaired) electrons. The van der Waals surface area contributed by atoms with Crippen LogP contribution < -0.4 is 14.4 Å². The second-order valence-corrected chi connectivity index (χ2v) is 17.6. The van der Waals surface area contributed by atoms with Gasteiger partial charge in [-0.3, -0.25) is 9.52 Å². The molecule has 1 amide bonds. The molecule has 2 N–H and O–H groups in total. The molecule has 7 atom stereocenters. The van der Waals surface area contributed by atoms with Crippen LogP contribution in [0.25, 0.3) is 0 Å². The third kappa shape index (κ3) is 6.19. The Morgan fingerprint density at radius 1 is 1.15 bits per heavy atom. The van der Waals surface area contributed by atoms with Crippen molar-refractivity contribution in [3.63, 3.8) is 0 Å². The molecule has 1 spiro atoms. The van der Waals surface area contributed by atoms with Gasteiger partial charge in [0.15, 0.2) is 0 Å². The van der Waals surface area contributed by atoms with Crippen molar-refractivity contribution in [3.05, 3.63) is 76.8 Å². The molecule has 1 aromatic heterocycles. The number of carbonyl (C=O) groups excluding carboxylic acids is 1. The number of halogens is 1. The number of fused-ring (bicyclic) bond motifs is 4. The van der Waals surface area contributed by atoms with Crippen LogP contribution in [-0.4, -0.2) is 61.2 Å². The first kappa shape index (κ1) is 32.5. The van der Waals surface area contributed by atoms with Crippen molar-refractivity contribution in [2.24, 2.45) is 17.8 Å². The molecule has 2 aromatic carbocycles. The Hall–Kier alpha value is -3.01. The number of hydrogen-bond acceptors (Lipinski definition) is 6. The lowest BCUT2D eigenvalue weighted by molar-refractivity contribution is -0.0993. The number of benzene rings is 2. The standard InChI is InChI=1S/C37H47ClN4O4S/c1-25-6-4-15-37(44,22-41-17-16-39-24-41)32-11-8-29(32)20-42-21-36(14-5-7-27-18-30(38)10-12-31(27)36)23-46-34-13-9-28(19-33(34)42)35(43)40-47(3,45)26(25)2/h9-10,12-13,16-19,24-26,29,32,44H,3-8,11,14-15,20-23H2,1-2H3,(H,40,43,45)/t25-,26+,29-,32+,36-,37-,47?/m0/s1. The van der Waals surface area contributed by atoms with E-state index >= 15 is 0 Å². The summed E-state index contributed by atoms with van der Waals surface area (Å²) in [7, 11) is -2.95. The summed E-state index contributed by atoms with van der Waals surface area (Å²) in [5.74, 6) is 4.79. The molecule has 10 heteroatoms. The molecule has 1 saturated carbocycles. The van der Waals surface area contributed by atoms with Crippen LogP contribution >= 0.6 is 11.6 Å². The summed E-state index contributed by atoms with van der Waals surface area (Å²) in [6.45, 7) is 6.45. The van der Waals surface area contributed by atoms with Crippen molar-refractivity contribution in [2.75, 3.05) is 24.6 Å². The van der Waals surface area contributed by atoms with E-state index in [1.54, 1.807) is 18.6 Å². The molecule has 1 unspecified atom stereocenters. The molecule has 3 aromatic rings. The van der Waals surface area contributed by atoms with Crippen molar-refractivity contribution < 1.29 is 18.8 Å². The average Bonchev–Trinajstić information content (AvgIpc) is 3.47. The minimum atomic E-state index is -2.95. The van der Waals surface area contributed by atoms with Crippen LogP contribution in [0.1, 0.15) is 80.3 Å². The van der Waals surface area contributed by atoms with E-state index in [2.05, 4.69) is 39.5 Å². The molecular formula is C37H47ClN4O4S. The number of nitrogens with zero attached hydrogens (tertiary/aromatic N) is 3. The Morgan fingerprint density at radius 2 is 2.00 bits per heavy atom. The number of nitrogens with one attached hydrogen (secondary N) is 1. The van der Waals surface area contributed by atoms with Crippen LogP contribution in [0.4, 0.5) is 5.69 Å². The van der Waals surface area contributed by atoms with Crippen LogP contribution in [0, 0.1) is 17.8 Å². The number of carbonyl (C=O) groups is 1. The Bertz CT molecular complexity index is 1750. The highest BCUT2D eigenvalue weighted by molar-refractivity contribution is 7.99. The minimum absolute atomic E-state index is 0.0447. The fourth-order valence-electron chi connectivity index (χ4n) is 8.76. The number of ether oxygens (including phenoxy) is 1. The van der Waals surface area contributed by atoms with E-state index in [1.165, 1.54) is 11.1 Å². The van der Waals surface area contributed by atoms with Gasteiger partial charge in [-0.1, -0.05) is 31.0 Å². The Morgan fingerprint density at radius 3 is 2.77 bits per heavy atom. The van der Waals surface area contributed by atoms with Gasteiger partial charge in [-0.25, -0.2) is 9.19 Å². The SMILES string of the molecule is C=S1(=O)NC(=O)c2ccc3c(c2)N(C[C@@H]2CC[C@H]2[C@@](O)(Cn2ccnc2)CCC[C@H](C)[C@H]1C)C[C@@]1(CCCc2cc(Cl)ccc21)CO3. The van der Waals surface area contributed by atoms with Crippen molar-refractivity contribution in [2.45, 2.75) is 88.0 Å². The van der Waals surface area contributed by atoms with Gasteiger partial charge in [-0.2, -0.15) is 0 Å². The van der Waals surface area contributed by atoms with Crippen molar-refractivity contribution >= 4 is 38.8 Å². The van der Waals surface area contributed by atoms with E-state index in [4.69, 9.17) is 16.3 Å². The van der Waals surface area contributed by atoms with Crippen molar-refractivity contribution in [1.82, 2.24) is 14.3 Å². The predicted molar refractivity (Wildman–Crippen MR) is 189 cm³/mol. The predicted octanol–water partition coefficient (Wildman–Crippen LogP) is 6.04. The summed E-state index contributed by atoms with van der Waals surface area (Å²) >= 11 is 6.46. The smallest absolute Gasteiger partial charge is 0.262 e. The minimum Gasteiger partial charge on any atom is -0.490 e. The van der Waals surface area contributed by atoms with Gasteiger partial charge in [0, 0.05) is 46.7 Å². The fourth-order valence-corrected chi connectivity index (χ4v) is 10.5. The van der Waals surface area contributed by atoms with Crippen LogP contribution in [0.2, 0.25) is 5.02 Å². The number of anilines is 1. The average molecular weight is 679 g/mol. The summed E-state index contributed by atoms with van der Waals surface area (Å²) in [5, 5.41) is 12.9. The Kier molecular flexibility index (Phi) is 8.63. The zero-order valence-corrected chi connectivity index (χ0v) is 29.1. The molecule has 4 aliphatic rings. The Balaban J connectivity index is 1.31. The van der Waals surface area contributed by atoms with Gasteiger partial charge in [0.05, 0.1) is 40.5 Å². The lowest BCUT2D eigenvalue weighted by Crippen LogP contribution is -2.54. The molecule has 2 aliphatic carbocycles. The highest BCUT2D eigenvalue weighted by Crippen LogP contribution is 2.49.